The van der Waals surface area contributed by atoms with Crippen LogP contribution in [-0.2, 0) is 27.5 Å². The highest BCUT2D eigenvalue weighted by Crippen LogP contribution is 2.36. The lowest BCUT2D eigenvalue weighted by atomic mass is 10.1. The third-order valence-corrected chi connectivity index (χ3v) is 7.27. The molecule has 1 aliphatic rings. The van der Waals surface area contributed by atoms with Crippen LogP contribution in [-0.4, -0.2) is 69.2 Å². The molecule has 3 heterocycles. The first kappa shape index (κ1) is 28.6. The second kappa shape index (κ2) is 12.6. The Bertz CT molecular complexity index is 1450. The predicted molar refractivity (Wildman–Crippen MR) is 142 cm³/mol. The number of Topliss-reactive ketones (excluding diaryl/α,β-unsaturated/α-hetero) is 1. The molecule has 3 N–H and O–H groups in total. The number of carboxylic acids is 2. The lowest BCUT2D eigenvalue weighted by Gasteiger charge is -2.14. The van der Waals surface area contributed by atoms with Gasteiger partial charge in [-0.3, -0.25) is 19.2 Å². The summed E-state index contributed by atoms with van der Waals surface area (Å²) in [5.74, 6) is -1.74. The molecule has 0 saturated heterocycles. The first-order valence-electron chi connectivity index (χ1n) is 12.5. The summed E-state index contributed by atoms with van der Waals surface area (Å²) in [6.07, 6.45) is -0.183. The molecule has 0 unspecified atom stereocenters. The van der Waals surface area contributed by atoms with Gasteiger partial charge in [-0.15, -0.1) is 11.3 Å². The second-order valence-corrected chi connectivity index (χ2v) is 10.1. The normalized spacial score (nSPS) is 12.3. The molecule has 12 nitrogen and oxygen atoms in total. The van der Waals surface area contributed by atoms with Gasteiger partial charge in [0.15, 0.2) is 23.0 Å². The summed E-state index contributed by atoms with van der Waals surface area (Å²) in [6, 6.07) is 6.61. The van der Waals surface area contributed by atoms with Crippen LogP contribution in [0, 0.1) is 0 Å². The van der Waals surface area contributed by atoms with Crippen LogP contribution in [0.1, 0.15) is 52.9 Å². The number of phenolic OH excluding ortho intramolecular Hbond substituents is 1. The molecule has 0 spiro atoms. The Hall–Kier alpha value is -4.39. The monoisotopic (exact) mass is 572 g/mol. The Morgan fingerprint density at radius 1 is 0.900 bits per heavy atom. The number of aliphatic carboxylic acids is 2. The molecule has 4 rings (SSSR count). The van der Waals surface area contributed by atoms with Gasteiger partial charge in [-0.2, -0.15) is 4.98 Å². The van der Waals surface area contributed by atoms with Crippen molar-refractivity contribution in [3.8, 4) is 23.1 Å². The molecular weight excluding hydrogens is 544 g/mol. The first-order chi connectivity index (χ1) is 19.1. The molecule has 0 saturated carbocycles. The van der Waals surface area contributed by atoms with E-state index in [9.17, 15) is 24.3 Å². The average molecular weight is 573 g/mol. The van der Waals surface area contributed by atoms with E-state index >= 15 is 0 Å². The zero-order valence-electron chi connectivity index (χ0n) is 21.7. The number of phenols is 1. The Morgan fingerprint density at radius 2 is 1.55 bits per heavy atom. The van der Waals surface area contributed by atoms with Crippen molar-refractivity contribution in [1.82, 2.24) is 9.88 Å². The zero-order valence-corrected chi connectivity index (χ0v) is 22.5. The summed E-state index contributed by atoms with van der Waals surface area (Å²) in [6.45, 7) is 1.10. The largest absolute Gasteiger partial charge is 0.504 e. The van der Waals surface area contributed by atoms with Gasteiger partial charge >= 0.3 is 11.9 Å². The fraction of sp³-hybridized carbons (Fsp3) is 0.370. The molecular formula is C27H28N2O10S. The zero-order chi connectivity index (χ0) is 28.8. The molecule has 0 radical (unpaired) electrons. The lowest BCUT2D eigenvalue weighted by molar-refractivity contribution is -0.141. The van der Waals surface area contributed by atoms with Gasteiger partial charge in [0.25, 0.3) is 5.88 Å². The first-order valence-corrected chi connectivity index (χ1v) is 13.3. The predicted octanol–water partition coefficient (Wildman–Crippen LogP) is 3.61. The van der Waals surface area contributed by atoms with Crippen molar-refractivity contribution in [1.29, 1.82) is 0 Å². The number of aromatic hydroxyl groups is 1. The van der Waals surface area contributed by atoms with Crippen LogP contribution in [0.3, 0.4) is 0 Å². The summed E-state index contributed by atoms with van der Waals surface area (Å²) in [5.41, 5.74) is 1.61. The Labute approximate surface area is 232 Å². The van der Waals surface area contributed by atoms with Gasteiger partial charge in [0.1, 0.15) is 4.83 Å². The molecule has 1 aliphatic heterocycles. The minimum absolute atomic E-state index is 0.0537. The smallest absolute Gasteiger partial charge is 0.303 e. The molecule has 3 aromatic rings. The van der Waals surface area contributed by atoms with Gasteiger partial charge in [0, 0.05) is 37.7 Å². The van der Waals surface area contributed by atoms with Crippen molar-refractivity contribution in [3.05, 3.63) is 40.3 Å². The highest BCUT2D eigenvalue weighted by atomic mass is 32.1. The highest BCUT2D eigenvalue weighted by molar-refractivity contribution is 7.20. The maximum absolute atomic E-state index is 12.3. The summed E-state index contributed by atoms with van der Waals surface area (Å²) in [4.78, 5) is 53.0. The summed E-state index contributed by atoms with van der Waals surface area (Å²) >= 11 is 1.16. The number of hydrogen-bond donors (Lipinski definition) is 3. The molecule has 0 atom stereocenters. The SMILES string of the molecule is COc1nc2sc(C(=O)CCC(=O)O)cc2cc1OCCCOc1cc2c(cc1O)CN(C(=O)CCC(=O)O)C2. The molecule has 1 amide bonds. The summed E-state index contributed by atoms with van der Waals surface area (Å²) in [7, 11) is 1.45. The van der Waals surface area contributed by atoms with Crippen LogP contribution >= 0.6 is 11.3 Å². The van der Waals surface area contributed by atoms with Crippen LogP contribution in [0.2, 0.25) is 0 Å². The van der Waals surface area contributed by atoms with E-state index in [1.54, 1.807) is 29.2 Å². The van der Waals surface area contributed by atoms with Crippen molar-refractivity contribution in [2.24, 2.45) is 0 Å². The van der Waals surface area contributed by atoms with Gasteiger partial charge in [0.05, 0.1) is 38.0 Å². The number of amides is 1. The van der Waals surface area contributed by atoms with E-state index in [1.165, 1.54) is 7.11 Å². The van der Waals surface area contributed by atoms with E-state index in [2.05, 4.69) is 4.98 Å². The molecule has 2 aromatic heterocycles. The molecule has 13 heteroatoms. The number of ether oxygens (including phenoxy) is 3. The number of thiophene rings is 1. The van der Waals surface area contributed by atoms with E-state index in [0.29, 0.717) is 40.4 Å². The molecule has 0 bridgehead atoms. The molecule has 0 fully saturated rings. The van der Waals surface area contributed by atoms with Gasteiger partial charge < -0.3 is 34.4 Å². The Morgan fingerprint density at radius 3 is 2.23 bits per heavy atom. The average Bonchev–Trinajstić information content (AvgIpc) is 3.53. The third-order valence-electron chi connectivity index (χ3n) is 6.19. The van der Waals surface area contributed by atoms with E-state index < -0.39 is 11.9 Å². The number of ketones is 1. The fourth-order valence-corrected chi connectivity index (χ4v) is 5.14. The maximum Gasteiger partial charge on any atom is 0.303 e. The standard InChI is InChI=1S/C27H28N2O10S/c1-37-26-21(10-15-12-22(40-27(15)28-26)18(30)3-5-24(33)34)39-8-2-7-38-20-11-17-14-29(13-16(17)9-19(20)31)23(32)4-6-25(35)36/h9-12,31H,2-8,13-14H2,1H3,(H,33,34)(H,35,36). The minimum atomic E-state index is -1.03. The lowest BCUT2D eigenvalue weighted by Crippen LogP contribution is -2.25. The van der Waals surface area contributed by atoms with Gasteiger partial charge in [-0.05, 0) is 35.4 Å². The Balaban J connectivity index is 1.30. The van der Waals surface area contributed by atoms with E-state index in [4.69, 9.17) is 24.4 Å². The summed E-state index contributed by atoms with van der Waals surface area (Å²) < 4.78 is 16.9. The van der Waals surface area contributed by atoms with Crippen molar-refractivity contribution < 1.29 is 48.7 Å². The van der Waals surface area contributed by atoms with Crippen LogP contribution < -0.4 is 14.2 Å². The van der Waals surface area contributed by atoms with Crippen LogP contribution in [0.25, 0.3) is 10.2 Å². The Kier molecular flexibility index (Phi) is 9.04. The number of carboxylic acid groups (broad SMARTS) is 2. The van der Waals surface area contributed by atoms with Crippen LogP contribution in [0.15, 0.2) is 24.3 Å². The van der Waals surface area contributed by atoms with E-state index in [-0.39, 0.29) is 68.0 Å². The van der Waals surface area contributed by atoms with Crippen molar-refractivity contribution in [2.75, 3.05) is 20.3 Å². The number of methoxy groups -OCH3 is 1. The minimum Gasteiger partial charge on any atom is -0.504 e. The highest BCUT2D eigenvalue weighted by Gasteiger charge is 2.25. The number of hydrogen-bond acceptors (Lipinski definition) is 10. The molecule has 40 heavy (non-hydrogen) atoms. The topological polar surface area (TPSA) is 173 Å². The maximum atomic E-state index is 12.3. The fourth-order valence-electron chi connectivity index (χ4n) is 4.17. The van der Waals surface area contributed by atoms with Crippen LogP contribution in [0.4, 0.5) is 0 Å². The number of nitrogens with zero attached hydrogens (tertiary/aromatic N) is 2. The van der Waals surface area contributed by atoms with Crippen molar-refractivity contribution >= 4 is 45.2 Å². The second-order valence-electron chi connectivity index (χ2n) is 9.10. The van der Waals surface area contributed by atoms with Gasteiger partial charge in [-0.1, -0.05) is 0 Å². The van der Waals surface area contributed by atoms with Gasteiger partial charge in [-0.25, -0.2) is 0 Å². The number of carbonyl (C=O) groups excluding carboxylic acids is 2. The van der Waals surface area contributed by atoms with Crippen LogP contribution in [0.5, 0.6) is 23.1 Å². The number of benzene rings is 1. The summed E-state index contributed by atoms with van der Waals surface area (Å²) in [5, 5.41) is 28.6. The number of aromatic nitrogens is 1. The molecule has 212 valence electrons. The van der Waals surface area contributed by atoms with Crippen molar-refractivity contribution in [2.45, 2.75) is 45.2 Å². The quantitative estimate of drug-likeness (QED) is 0.190. The van der Waals surface area contributed by atoms with Crippen molar-refractivity contribution in [3.63, 3.8) is 0 Å². The van der Waals surface area contributed by atoms with E-state index in [1.807, 2.05) is 0 Å². The number of carbonyl (C=O) groups is 4. The number of fused-ring (bicyclic) bond motifs is 2. The third kappa shape index (κ3) is 6.97. The number of pyridine rings is 1. The number of rotatable bonds is 14. The molecule has 0 aliphatic carbocycles. The van der Waals surface area contributed by atoms with Gasteiger partial charge in [0.2, 0.25) is 5.91 Å². The van der Waals surface area contributed by atoms with E-state index in [0.717, 1.165) is 22.5 Å². The molecule has 1 aromatic carbocycles.